The van der Waals surface area contributed by atoms with Gasteiger partial charge in [0.1, 0.15) is 0 Å². The van der Waals surface area contributed by atoms with E-state index in [4.69, 9.17) is 4.74 Å². The standard InChI is InChI=1S/C7H12Br2O2/c1-6(10)11-5-7(2,3-8)4-9/h3-5H2,1-2H3. The summed E-state index contributed by atoms with van der Waals surface area (Å²) in [5.74, 6) is -0.224. The number of ether oxygens (including phenoxy) is 1. The predicted octanol–water partition coefficient (Wildman–Crippen LogP) is 2.35. The molecule has 0 rings (SSSR count). The minimum absolute atomic E-state index is 0.00562. The molecule has 0 atom stereocenters. The lowest BCUT2D eigenvalue weighted by Crippen LogP contribution is -2.27. The number of halogens is 2. The topological polar surface area (TPSA) is 26.3 Å². The van der Waals surface area contributed by atoms with Gasteiger partial charge in [-0.05, 0) is 0 Å². The first kappa shape index (κ1) is 11.4. The molecule has 2 nitrogen and oxygen atoms in total. The molecule has 0 radical (unpaired) electrons. The summed E-state index contributed by atoms with van der Waals surface area (Å²) < 4.78 is 4.89. The van der Waals surface area contributed by atoms with Crippen LogP contribution in [0.2, 0.25) is 0 Å². The Morgan fingerprint density at radius 1 is 1.45 bits per heavy atom. The minimum Gasteiger partial charge on any atom is -0.465 e. The van der Waals surface area contributed by atoms with E-state index in [1.807, 2.05) is 6.92 Å². The molecule has 0 N–H and O–H groups in total. The van der Waals surface area contributed by atoms with Gasteiger partial charge in [0.05, 0.1) is 6.61 Å². The molecule has 0 aliphatic heterocycles. The van der Waals surface area contributed by atoms with Crippen LogP contribution < -0.4 is 0 Å². The van der Waals surface area contributed by atoms with E-state index < -0.39 is 0 Å². The van der Waals surface area contributed by atoms with Crippen molar-refractivity contribution in [3.63, 3.8) is 0 Å². The highest BCUT2D eigenvalue weighted by Gasteiger charge is 2.22. The van der Waals surface area contributed by atoms with Crippen molar-refractivity contribution >= 4 is 37.8 Å². The molecule has 0 amide bonds. The van der Waals surface area contributed by atoms with E-state index in [1.165, 1.54) is 6.92 Å². The molecule has 0 bridgehead atoms. The lowest BCUT2D eigenvalue weighted by atomic mass is 9.98. The third-order valence-corrected chi connectivity index (χ3v) is 3.98. The first-order valence-electron chi connectivity index (χ1n) is 3.29. The molecule has 0 saturated carbocycles. The van der Waals surface area contributed by atoms with Crippen LogP contribution in [0.3, 0.4) is 0 Å². The quantitative estimate of drug-likeness (QED) is 0.586. The van der Waals surface area contributed by atoms with E-state index in [0.717, 1.165) is 10.7 Å². The van der Waals surface area contributed by atoms with Crippen molar-refractivity contribution < 1.29 is 9.53 Å². The summed E-state index contributed by atoms with van der Waals surface area (Å²) in [7, 11) is 0. The molecule has 4 heteroatoms. The average Bonchev–Trinajstić information content (AvgIpc) is 2.00. The summed E-state index contributed by atoms with van der Waals surface area (Å²) in [5.41, 5.74) is 0.00562. The van der Waals surface area contributed by atoms with Gasteiger partial charge in [-0.3, -0.25) is 4.79 Å². The van der Waals surface area contributed by atoms with Crippen molar-refractivity contribution in [1.29, 1.82) is 0 Å². The van der Waals surface area contributed by atoms with E-state index in [9.17, 15) is 4.79 Å². The second-order valence-corrected chi connectivity index (χ2v) is 3.98. The first-order chi connectivity index (χ1) is 5.04. The zero-order valence-corrected chi connectivity index (χ0v) is 9.87. The van der Waals surface area contributed by atoms with Crippen LogP contribution in [0.25, 0.3) is 0 Å². The molecule has 0 aromatic carbocycles. The first-order valence-corrected chi connectivity index (χ1v) is 5.54. The second-order valence-electron chi connectivity index (χ2n) is 2.86. The molecule has 0 aliphatic carbocycles. The summed E-state index contributed by atoms with van der Waals surface area (Å²) in [6, 6.07) is 0. The van der Waals surface area contributed by atoms with Crippen molar-refractivity contribution in [1.82, 2.24) is 0 Å². The molecule has 0 heterocycles. The highest BCUT2D eigenvalue weighted by Crippen LogP contribution is 2.22. The van der Waals surface area contributed by atoms with Crippen LogP contribution in [-0.2, 0) is 9.53 Å². The van der Waals surface area contributed by atoms with Crippen molar-refractivity contribution in [2.75, 3.05) is 17.3 Å². The highest BCUT2D eigenvalue weighted by molar-refractivity contribution is 9.09. The molecule has 0 spiro atoms. The number of carbonyl (C=O) groups excluding carboxylic acids is 1. The Kier molecular flexibility index (Phi) is 5.34. The van der Waals surface area contributed by atoms with Crippen molar-refractivity contribution in [3.05, 3.63) is 0 Å². The SMILES string of the molecule is CC(=O)OCC(C)(CBr)CBr. The second kappa shape index (κ2) is 5.14. The Morgan fingerprint density at radius 2 is 1.91 bits per heavy atom. The van der Waals surface area contributed by atoms with E-state index in [2.05, 4.69) is 31.9 Å². The van der Waals surface area contributed by atoms with E-state index in [0.29, 0.717) is 6.61 Å². The fourth-order valence-corrected chi connectivity index (χ4v) is 1.64. The Bertz CT molecular complexity index is 132. The van der Waals surface area contributed by atoms with Gasteiger partial charge in [-0.15, -0.1) is 0 Å². The van der Waals surface area contributed by atoms with Crippen molar-refractivity contribution in [2.45, 2.75) is 13.8 Å². The van der Waals surface area contributed by atoms with Gasteiger partial charge in [0.2, 0.25) is 0 Å². The maximum atomic E-state index is 10.5. The Balaban J connectivity index is 3.78. The predicted molar refractivity (Wildman–Crippen MR) is 52.3 cm³/mol. The lowest BCUT2D eigenvalue weighted by molar-refractivity contribution is -0.143. The van der Waals surface area contributed by atoms with Gasteiger partial charge >= 0.3 is 5.97 Å². The summed E-state index contributed by atoms with van der Waals surface area (Å²) in [6.45, 7) is 3.92. The third kappa shape index (κ3) is 4.80. The van der Waals surface area contributed by atoms with Gasteiger partial charge in [-0.25, -0.2) is 0 Å². The molecular weight excluding hydrogens is 276 g/mol. The summed E-state index contributed by atoms with van der Waals surface area (Å²) >= 11 is 6.72. The summed E-state index contributed by atoms with van der Waals surface area (Å²) in [5, 5.41) is 1.64. The van der Waals surface area contributed by atoms with Gasteiger partial charge in [0.15, 0.2) is 0 Å². The monoisotopic (exact) mass is 286 g/mol. The van der Waals surface area contributed by atoms with Crippen LogP contribution in [0.4, 0.5) is 0 Å². The van der Waals surface area contributed by atoms with Gasteiger partial charge in [-0.1, -0.05) is 38.8 Å². The van der Waals surface area contributed by atoms with Gasteiger partial charge in [0, 0.05) is 23.0 Å². The fraction of sp³-hybridized carbons (Fsp3) is 0.857. The molecule has 0 unspecified atom stereocenters. The number of alkyl halides is 2. The van der Waals surface area contributed by atoms with Crippen molar-refractivity contribution in [2.24, 2.45) is 5.41 Å². The molecule has 0 fully saturated rings. The van der Waals surface area contributed by atoms with Gasteiger partial charge in [-0.2, -0.15) is 0 Å². The molecule has 0 aromatic heterocycles. The van der Waals surface area contributed by atoms with E-state index in [-0.39, 0.29) is 11.4 Å². The number of hydrogen-bond donors (Lipinski definition) is 0. The molecule has 66 valence electrons. The minimum atomic E-state index is -0.224. The molecular formula is C7H12Br2O2. The van der Waals surface area contributed by atoms with Crippen LogP contribution in [0.5, 0.6) is 0 Å². The zero-order valence-electron chi connectivity index (χ0n) is 6.69. The third-order valence-electron chi connectivity index (χ3n) is 1.27. The normalized spacial score (nSPS) is 11.3. The molecule has 11 heavy (non-hydrogen) atoms. The molecule has 0 aromatic rings. The fourth-order valence-electron chi connectivity index (χ4n) is 0.389. The Morgan fingerprint density at radius 3 is 2.18 bits per heavy atom. The van der Waals surface area contributed by atoms with E-state index >= 15 is 0 Å². The number of rotatable bonds is 4. The van der Waals surface area contributed by atoms with Crippen LogP contribution in [0, 0.1) is 5.41 Å². The molecule has 0 aliphatic rings. The Hall–Kier alpha value is 0.430. The van der Waals surface area contributed by atoms with Crippen LogP contribution >= 0.6 is 31.9 Å². The number of esters is 1. The van der Waals surface area contributed by atoms with Crippen LogP contribution in [0.1, 0.15) is 13.8 Å². The lowest BCUT2D eigenvalue weighted by Gasteiger charge is -2.23. The number of hydrogen-bond acceptors (Lipinski definition) is 2. The smallest absolute Gasteiger partial charge is 0.302 e. The average molecular weight is 288 g/mol. The van der Waals surface area contributed by atoms with Gasteiger partial charge < -0.3 is 4.74 Å². The van der Waals surface area contributed by atoms with E-state index in [1.54, 1.807) is 0 Å². The molecule has 0 saturated heterocycles. The zero-order chi connectivity index (χ0) is 8.91. The van der Waals surface area contributed by atoms with Crippen molar-refractivity contribution in [3.8, 4) is 0 Å². The van der Waals surface area contributed by atoms with Crippen LogP contribution in [-0.4, -0.2) is 23.2 Å². The maximum absolute atomic E-state index is 10.5. The summed E-state index contributed by atoms with van der Waals surface area (Å²) in [4.78, 5) is 10.5. The largest absolute Gasteiger partial charge is 0.465 e. The van der Waals surface area contributed by atoms with Gasteiger partial charge in [0.25, 0.3) is 0 Å². The Labute approximate surface area is 83.9 Å². The highest BCUT2D eigenvalue weighted by atomic mass is 79.9. The van der Waals surface area contributed by atoms with Crippen LogP contribution in [0.15, 0.2) is 0 Å². The number of carbonyl (C=O) groups is 1. The maximum Gasteiger partial charge on any atom is 0.302 e. The summed E-state index contributed by atoms with van der Waals surface area (Å²) in [6.07, 6.45) is 0.